The van der Waals surface area contributed by atoms with Gasteiger partial charge in [-0.05, 0) is 0 Å². The average Bonchev–Trinajstić information content (AvgIpc) is 1.76. The van der Waals surface area contributed by atoms with Gasteiger partial charge in [-0.1, -0.05) is 0 Å². The Morgan fingerprint density at radius 2 is 2.33 bits per heavy atom. The Hall–Kier alpha value is 0.00870. The quantitative estimate of drug-likeness (QED) is 0.570. The zero-order chi connectivity index (χ0) is 3.54. The van der Waals surface area contributed by atoms with Crippen LogP contribution in [-0.4, -0.2) is 33.9 Å². The van der Waals surface area contributed by atoms with Crippen LogP contribution in [0.3, 0.4) is 0 Å². The largest absolute Gasteiger partial charge is 0.351 e. The fourth-order valence-corrected chi connectivity index (χ4v) is 0.215. The number of rotatable bonds is 0. The number of nitrogens with one attached hydrogen (secondary N) is 1. The molecule has 0 bridgehead atoms. The minimum Gasteiger partial charge on any atom is -0.351 e. The SMILES string of the molecule is [Sn].c1c[nH]cn1. The van der Waals surface area contributed by atoms with Crippen molar-refractivity contribution < 1.29 is 0 Å². The maximum absolute atomic E-state index is 3.67. The van der Waals surface area contributed by atoms with Crippen LogP contribution in [0.25, 0.3) is 0 Å². The van der Waals surface area contributed by atoms with Crippen molar-refractivity contribution in [2.45, 2.75) is 0 Å². The van der Waals surface area contributed by atoms with E-state index in [1.54, 1.807) is 18.7 Å². The summed E-state index contributed by atoms with van der Waals surface area (Å²) in [6, 6.07) is 0. The van der Waals surface area contributed by atoms with Gasteiger partial charge in [-0.15, -0.1) is 0 Å². The van der Waals surface area contributed by atoms with Crippen molar-refractivity contribution >= 4 is 23.9 Å². The fraction of sp³-hybridized carbons (Fsp3) is 0. The first kappa shape index (κ1) is 6.01. The molecule has 0 aliphatic carbocycles. The summed E-state index contributed by atoms with van der Waals surface area (Å²) in [5, 5.41) is 0. The van der Waals surface area contributed by atoms with E-state index in [4.69, 9.17) is 0 Å². The second-order valence-corrected chi connectivity index (χ2v) is 0.761. The number of H-pyrrole nitrogens is 1. The third kappa shape index (κ3) is 1.45. The molecule has 0 amide bonds. The summed E-state index contributed by atoms with van der Waals surface area (Å²) >= 11 is 0. The van der Waals surface area contributed by atoms with Gasteiger partial charge in [0, 0.05) is 36.3 Å². The van der Waals surface area contributed by atoms with Crippen molar-refractivity contribution in [3.8, 4) is 0 Å². The average molecular weight is 187 g/mol. The summed E-state index contributed by atoms with van der Waals surface area (Å²) in [6.07, 6.45) is 5.08. The summed E-state index contributed by atoms with van der Waals surface area (Å²) in [5.74, 6) is 0. The molecule has 0 fully saturated rings. The molecule has 0 unspecified atom stereocenters. The molecular weight excluding hydrogens is 183 g/mol. The molecule has 1 heterocycles. The summed E-state index contributed by atoms with van der Waals surface area (Å²) in [5.41, 5.74) is 0. The van der Waals surface area contributed by atoms with Crippen LogP contribution in [0.2, 0.25) is 0 Å². The summed E-state index contributed by atoms with van der Waals surface area (Å²) in [7, 11) is 0. The van der Waals surface area contributed by atoms with E-state index in [1.807, 2.05) is 0 Å². The molecule has 1 aromatic rings. The molecule has 0 saturated carbocycles. The molecule has 0 saturated heterocycles. The molecule has 0 aliphatic rings. The van der Waals surface area contributed by atoms with Crippen LogP contribution in [0.4, 0.5) is 0 Å². The van der Waals surface area contributed by atoms with E-state index in [0.29, 0.717) is 0 Å². The Morgan fingerprint density at radius 3 is 2.50 bits per heavy atom. The molecule has 1 N–H and O–H groups in total. The summed E-state index contributed by atoms with van der Waals surface area (Å²) in [4.78, 5) is 6.42. The second-order valence-electron chi connectivity index (χ2n) is 0.761. The topological polar surface area (TPSA) is 28.7 Å². The van der Waals surface area contributed by atoms with E-state index in [0.717, 1.165) is 0 Å². The van der Waals surface area contributed by atoms with E-state index in [-0.39, 0.29) is 23.9 Å². The zero-order valence-corrected chi connectivity index (χ0v) is 6.03. The molecule has 0 spiro atoms. The first-order valence-electron chi connectivity index (χ1n) is 1.43. The first-order valence-corrected chi connectivity index (χ1v) is 1.43. The van der Waals surface area contributed by atoms with Crippen LogP contribution in [-0.2, 0) is 0 Å². The van der Waals surface area contributed by atoms with E-state index in [2.05, 4.69) is 9.97 Å². The Balaban J connectivity index is 0.000000250. The van der Waals surface area contributed by atoms with Crippen LogP contribution in [0.1, 0.15) is 0 Å². The predicted octanol–water partition coefficient (Wildman–Crippen LogP) is 0.0289. The van der Waals surface area contributed by atoms with Crippen molar-refractivity contribution in [3.05, 3.63) is 18.7 Å². The van der Waals surface area contributed by atoms with Crippen LogP contribution in [0.15, 0.2) is 18.7 Å². The molecule has 1 rings (SSSR count). The third-order valence-corrected chi connectivity index (χ3v) is 0.406. The Kier molecular flexibility index (Phi) is 3.21. The van der Waals surface area contributed by atoms with Crippen LogP contribution >= 0.6 is 0 Å². The maximum atomic E-state index is 3.67. The molecule has 6 heavy (non-hydrogen) atoms. The van der Waals surface area contributed by atoms with E-state index >= 15 is 0 Å². The van der Waals surface area contributed by atoms with Crippen LogP contribution < -0.4 is 0 Å². The maximum Gasteiger partial charge on any atom is 0.0919 e. The predicted molar refractivity (Wildman–Crippen MR) is 24.3 cm³/mol. The molecule has 3 heteroatoms. The second kappa shape index (κ2) is 3.21. The molecule has 0 aromatic carbocycles. The molecule has 0 atom stereocenters. The Bertz CT molecular complexity index is 65.3. The fourth-order valence-electron chi connectivity index (χ4n) is 0.215. The summed E-state index contributed by atoms with van der Waals surface area (Å²) in [6.45, 7) is 0. The van der Waals surface area contributed by atoms with Gasteiger partial charge in [0.15, 0.2) is 0 Å². The van der Waals surface area contributed by atoms with Gasteiger partial charge in [0.1, 0.15) is 0 Å². The number of hydrogen-bond donors (Lipinski definition) is 1. The normalized spacial score (nSPS) is 6.67. The van der Waals surface area contributed by atoms with Gasteiger partial charge >= 0.3 is 0 Å². The van der Waals surface area contributed by atoms with Gasteiger partial charge in [0.05, 0.1) is 6.33 Å². The van der Waals surface area contributed by atoms with Gasteiger partial charge in [0.2, 0.25) is 0 Å². The van der Waals surface area contributed by atoms with E-state index in [1.165, 1.54) is 0 Å². The molecule has 0 aliphatic heterocycles. The minimum atomic E-state index is 0. The van der Waals surface area contributed by atoms with Gasteiger partial charge < -0.3 is 4.98 Å². The van der Waals surface area contributed by atoms with Crippen molar-refractivity contribution in [1.29, 1.82) is 0 Å². The molecule has 4 radical (unpaired) electrons. The number of imidazole rings is 1. The molecule has 1 aromatic heterocycles. The number of hydrogen-bond acceptors (Lipinski definition) is 1. The standard InChI is InChI=1S/C3H4N2.Sn/c1-2-5-3-4-1;/h1-3H,(H,4,5);. The van der Waals surface area contributed by atoms with Crippen LogP contribution in [0.5, 0.6) is 0 Å². The zero-order valence-electron chi connectivity index (χ0n) is 3.18. The number of aromatic amines is 1. The van der Waals surface area contributed by atoms with Crippen molar-refractivity contribution in [2.24, 2.45) is 0 Å². The molecule has 30 valence electrons. The number of aromatic nitrogens is 2. The monoisotopic (exact) mass is 188 g/mol. The first-order chi connectivity index (χ1) is 2.50. The van der Waals surface area contributed by atoms with Gasteiger partial charge in [-0.25, -0.2) is 4.98 Å². The molecular formula is C3H4N2Sn. The van der Waals surface area contributed by atoms with E-state index < -0.39 is 0 Å². The smallest absolute Gasteiger partial charge is 0.0919 e. The number of nitrogens with zero attached hydrogens (tertiary/aromatic N) is 1. The minimum absolute atomic E-state index is 0. The van der Waals surface area contributed by atoms with Crippen molar-refractivity contribution in [1.82, 2.24) is 9.97 Å². The van der Waals surface area contributed by atoms with E-state index in [9.17, 15) is 0 Å². The van der Waals surface area contributed by atoms with Crippen LogP contribution in [0, 0.1) is 0 Å². The Morgan fingerprint density at radius 1 is 1.50 bits per heavy atom. The Labute approximate surface area is 52.9 Å². The van der Waals surface area contributed by atoms with Crippen molar-refractivity contribution in [2.75, 3.05) is 0 Å². The van der Waals surface area contributed by atoms with Gasteiger partial charge in [-0.2, -0.15) is 0 Å². The third-order valence-electron chi connectivity index (χ3n) is 0.406. The van der Waals surface area contributed by atoms with Gasteiger partial charge in [0.25, 0.3) is 0 Å². The van der Waals surface area contributed by atoms with Gasteiger partial charge in [-0.3, -0.25) is 0 Å². The molecule has 2 nitrogen and oxygen atoms in total. The summed E-state index contributed by atoms with van der Waals surface area (Å²) < 4.78 is 0. The van der Waals surface area contributed by atoms with Crippen molar-refractivity contribution in [3.63, 3.8) is 0 Å².